The lowest BCUT2D eigenvalue weighted by atomic mass is 9.60. The molecule has 2 saturated carbocycles. The molecule has 5 rings (SSSR count). The van der Waals surface area contributed by atoms with E-state index in [0.29, 0.717) is 16.9 Å². The highest BCUT2D eigenvalue weighted by Gasteiger charge is 2.47. The lowest BCUT2D eigenvalue weighted by molar-refractivity contribution is 0.0113. The average Bonchev–Trinajstić information content (AvgIpc) is 2.86. The molecule has 12 heteroatoms. The molecular formula is C26H29F2N5O2S3. The minimum atomic E-state index is -1.41. The van der Waals surface area contributed by atoms with Gasteiger partial charge in [0.2, 0.25) is 9.48 Å². The van der Waals surface area contributed by atoms with Crippen molar-refractivity contribution in [3.05, 3.63) is 42.5 Å². The van der Waals surface area contributed by atoms with E-state index in [9.17, 15) is 9.50 Å². The normalized spacial score (nSPS) is 25.2. The fraction of sp³-hybridized carbons (Fsp3) is 0.462. The zero-order chi connectivity index (χ0) is 27.2. The van der Waals surface area contributed by atoms with Crippen molar-refractivity contribution in [3.8, 4) is 34.1 Å². The van der Waals surface area contributed by atoms with Crippen LogP contribution in [0.4, 0.5) is 14.6 Å². The molecule has 0 radical (unpaired) electrons. The van der Waals surface area contributed by atoms with Gasteiger partial charge in [0.25, 0.3) is 0 Å². The van der Waals surface area contributed by atoms with E-state index in [1.165, 1.54) is 12.1 Å². The number of halogens is 2. The summed E-state index contributed by atoms with van der Waals surface area (Å²) in [6, 6.07) is 5.67. The van der Waals surface area contributed by atoms with Crippen LogP contribution in [0.3, 0.4) is 0 Å². The summed E-state index contributed by atoms with van der Waals surface area (Å²) >= 11 is 12.1. The van der Waals surface area contributed by atoms with E-state index in [1.807, 2.05) is 11.9 Å². The second kappa shape index (κ2) is 10.3. The molecule has 4 atom stereocenters. The molecule has 2 bridgehead atoms. The predicted molar refractivity (Wildman–Crippen MR) is 152 cm³/mol. The molecule has 7 nitrogen and oxygen atoms in total. The van der Waals surface area contributed by atoms with Crippen molar-refractivity contribution in [2.24, 2.45) is 11.3 Å². The van der Waals surface area contributed by atoms with Crippen molar-refractivity contribution >= 4 is 43.7 Å². The Balaban J connectivity index is 1.36. The first-order valence-corrected chi connectivity index (χ1v) is 13.7. The number of phenols is 1. The Kier molecular flexibility index (Phi) is 7.42. The molecule has 0 spiro atoms. The van der Waals surface area contributed by atoms with Crippen LogP contribution in [0.15, 0.2) is 36.7 Å². The van der Waals surface area contributed by atoms with Gasteiger partial charge in [-0.1, -0.05) is 19.4 Å². The van der Waals surface area contributed by atoms with Crippen LogP contribution in [0.1, 0.15) is 39.0 Å². The Morgan fingerprint density at radius 3 is 2.58 bits per heavy atom. The Bertz CT molecular complexity index is 1330. The minimum absolute atomic E-state index is 0.0586. The van der Waals surface area contributed by atoms with Gasteiger partial charge >= 0.3 is 0 Å². The van der Waals surface area contributed by atoms with Gasteiger partial charge in [0.15, 0.2) is 11.6 Å². The van der Waals surface area contributed by atoms with Gasteiger partial charge in [-0.3, -0.25) is 0 Å². The minimum Gasteiger partial charge on any atom is -0.507 e. The summed E-state index contributed by atoms with van der Waals surface area (Å²) in [4.78, 5) is 10.1. The monoisotopic (exact) mass is 577 g/mol. The Morgan fingerprint density at radius 2 is 1.89 bits per heavy atom. The first-order valence-electron chi connectivity index (χ1n) is 12.3. The fourth-order valence-corrected chi connectivity index (χ4v) is 6.10. The Morgan fingerprint density at radius 1 is 1.11 bits per heavy atom. The molecule has 2 aliphatic rings. The first-order chi connectivity index (χ1) is 17.9. The van der Waals surface area contributed by atoms with E-state index >= 15 is 4.39 Å². The zero-order valence-corrected chi connectivity index (χ0v) is 23.6. The summed E-state index contributed by atoms with van der Waals surface area (Å²) in [6.45, 7) is 2.26. The smallest absolute Gasteiger partial charge is 0.242 e. The van der Waals surface area contributed by atoms with Gasteiger partial charge in [0, 0.05) is 18.7 Å². The van der Waals surface area contributed by atoms with Crippen molar-refractivity contribution in [3.63, 3.8) is 0 Å². The van der Waals surface area contributed by atoms with E-state index in [-0.39, 0.29) is 40.4 Å². The zero-order valence-electron chi connectivity index (χ0n) is 20.9. The van der Waals surface area contributed by atoms with E-state index in [4.69, 9.17) is 4.74 Å². The number of thiol groups is 3. The number of aromatic nitrogens is 4. The standard InChI is InChI=1S/C26H29F2N5O2S3/c1-25-7-3-4-15(10-25)23(28)19(11-25)33(2)21-13-30-24(32-31-21)16-6-5-14(8-20(16)34)17-9-22(29-12-18(17)27)35-26(36,37)38/h5-6,8-9,12-13,15,19,23,34,36-38H,3-4,7,10-11H2,1-2H3/t15-,19-,23+,25+/m0/s1. The number of alkyl halides is 1. The molecule has 38 heavy (non-hydrogen) atoms. The summed E-state index contributed by atoms with van der Waals surface area (Å²) in [7, 11) is 1.83. The number of hydrogen-bond donors (Lipinski definition) is 4. The SMILES string of the molecule is CN(c1cnc(-c2ccc(-c3cc(OC(S)(S)S)ncc3F)cc2O)nn1)[C@H]1C[C@]2(C)CCC[C@@H](C2)[C@H]1F. The topological polar surface area (TPSA) is 84.3 Å². The van der Waals surface area contributed by atoms with Gasteiger partial charge in [0.05, 0.1) is 24.0 Å². The average molecular weight is 578 g/mol. The molecule has 1 aromatic carbocycles. The number of benzene rings is 1. The number of pyridine rings is 1. The van der Waals surface area contributed by atoms with Crippen LogP contribution >= 0.6 is 37.9 Å². The van der Waals surface area contributed by atoms with Gasteiger partial charge in [-0.2, -0.15) is 0 Å². The van der Waals surface area contributed by atoms with Gasteiger partial charge in [-0.15, -0.1) is 48.1 Å². The molecule has 0 saturated heterocycles. The summed E-state index contributed by atoms with van der Waals surface area (Å²) < 4.78 is 33.8. The molecule has 0 aliphatic heterocycles. The van der Waals surface area contributed by atoms with Gasteiger partial charge in [0.1, 0.15) is 17.7 Å². The third kappa shape index (κ3) is 5.67. The maximum atomic E-state index is 15.3. The van der Waals surface area contributed by atoms with E-state index in [2.05, 4.69) is 65.0 Å². The summed E-state index contributed by atoms with van der Waals surface area (Å²) in [5.41, 5.74) is 1.01. The molecule has 3 aromatic rings. The number of anilines is 1. The summed E-state index contributed by atoms with van der Waals surface area (Å²) in [5.74, 6) is 0.0384. The van der Waals surface area contributed by atoms with Crippen molar-refractivity contribution in [2.75, 3.05) is 11.9 Å². The number of rotatable bonds is 6. The molecule has 2 aromatic heterocycles. The van der Waals surface area contributed by atoms with Crippen LogP contribution in [-0.2, 0) is 0 Å². The molecule has 2 heterocycles. The van der Waals surface area contributed by atoms with Crippen molar-refractivity contribution in [2.45, 2.75) is 54.8 Å². The third-order valence-corrected chi connectivity index (χ3v) is 7.93. The Labute approximate surface area is 236 Å². The van der Waals surface area contributed by atoms with Crippen LogP contribution in [0.5, 0.6) is 11.6 Å². The summed E-state index contributed by atoms with van der Waals surface area (Å²) in [6.07, 6.45) is 6.46. The van der Waals surface area contributed by atoms with Crippen LogP contribution in [0, 0.1) is 17.2 Å². The van der Waals surface area contributed by atoms with Crippen LogP contribution in [0.25, 0.3) is 22.5 Å². The van der Waals surface area contributed by atoms with Crippen LogP contribution in [-0.4, -0.2) is 48.1 Å². The number of phenolic OH excluding ortho intramolecular Hbond substituents is 1. The fourth-order valence-electron chi connectivity index (χ4n) is 5.82. The highest BCUT2D eigenvalue weighted by molar-refractivity contribution is 8.16. The second-order valence-corrected chi connectivity index (χ2v) is 13.5. The van der Waals surface area contributed by atoms with Crippen molar-refractivity contribution < 1.29 is 18.6 Å². The quantitative estimate of drug-likeness (QED) is 0.212. The van der Waals surface area contributed by atoms with Crippen molar-refractivity contribution in [1.82, 2.24) is 20.2 Å². The van der Waals surface area contributed by atoms with Crippen LogP contribution < -0.4 is 9.64 Å². The first kappa shape index (κ1) is 27.3. The number of fused-ring (bicyclic) bond motifs is 2. The molecule has 1 N–H and O–H groups in total. The van der Waals surface area contributed by atoms with E-state index in [0.717, 1.165) is 38.3 Å². The second-order valence-electron chi connectivity index (χ2n) is 10.5. The number of hydrogen-bond acceptors (Lipinski definition) is 10. The lowest BCUT2D eigenvalue weighted by Crippen LogP contribution is -2.52. The molecule has 202 valence electrons. The maximum absolute atomic E-state index is 15.3. The number of aromatic hydroxyl groups is 1. The summed E-state index contributed by atoms with van der Waals surface area (Å²) in [5, 5.41) is 19.2. The molecule has 0 amide bonds. The lowest BCUT2D eigenvalue weighted by Gasteiger charge is -2.50. The highest BCUT2D eigenvalue weighted by Crippen LogP contribution is 2.51. The third-order valence-electron chi connectivity index (χ3n) is 7.66. The Hall–Kier alpha value is -2.31. The van der Waals surface area contributed by atoms with Gasteiger partial charge in [-0.25, -0.2) is 18.7 Å². The van der Waals surface area contributed by atoms with Gasteiger partial charge < -0.3 is 14.7 Å². The van der Waals surface area contributed by atoms with E-state index in [1.54, 1.807) is 18.3 Å². The molecule has 0 unspecified atom stereocenters. The van der Waals surface area contributed by atoms with E-state index < -0.39 is 15.6 Å². The highest BCUT2D eigenvalue weighted by atomic mass is 32.2. The van der Waals surface area contributed by atoms with Crippen LogP contribution in [0.2, 0.25) is 0 Å². The number of nitrogens with zero attached hydrogens (tertiary/aromatic N) is 5. The molecular weight excluding hydrogens is 549 g/mol. The number of ether oxygens (including phenoxy) is 1. The largest absolute Gasteiger partial charge is 0.507 e. The molecule has 2 aliphatic carbocycles. The maximum Gasteiger partial charge on any atom is 0.242 e. The van der Waals surface area contributed by atoms with Gasteiger partial charge in [-0.05, 0) is 54.7 Å². The van der Waals surface area contributed by atoms with Crippen molar-refractivity contribution in [1.29, 1.82) is 0 Å². The molecule has 2 fully saturated rings. The predicted octanol–water partition coefficient (Wildman–Crippen LogP) is 5.97.